The molecule has 0 radical (unpaired) electrons. The van der Waals surface area contributed by atoms with Crippen LogP contribution in [0.1, 0.15) is 19.8 Å². The van der Waals surface area contributed by atoms with E-state index in [2.05, 4.69) is 34.6 Å². The molecule has 1 amide bonds. The molecular weight excluding hydrogens is 349 g/mol. The number of hydrogen-bond donors (Lipinski definition) is 2. The van der Waals surface area contributed by atoms with Gasteiger partial charge in [0.15, 0.2) is 0 Å². The normalized spacial score (nSPS) is 14.5. The summed E-state index contributed by atoms with van der Waals surface area (Å²) in [5.74, 6) is 0.790. The topological polar surface area (TPSA) is 53.6 Å². The Morgan fingerprint density at radius 2 is 2.00 bits per heavy atom. The molecule has 0 unspecified atom stereocenters. The van der Waals surface area contributed by atoms with Crippen LogP contribution in [0.2, 0.25) is 0 Å². The molecule has 1 aromatic carbocycles. The van der Waals surface area contributed by atoms with Crippen molar-refractivity contribution in [3.63, 3.8) is 0 Å². The zero-order chi connectivity index (χ0) is 15.8. The smallest absolute Gasteiger partial charge is 0.238 e. The minimum Gasteiger partial charge on any atom is -0.383 e. The first-order chi connectivity index (χ1) is 10.7. The van der Waals surface area contributed by atoms with E-state index in [1.807, 2.05) is 12.1 Å². The fourth-order valence-electron chi connectivity index (χ4n) is 2.63. The fraction of sp³-hybridized carbons (Fsp3) is 0.588. The second kappa shape index (κ2) is 12.4. The summed E-state index contributed by atoms with van der Waals surface area (Å²) in [7, 11) is 1.65. The second-order valence-electron chi connectivity index (χ2n) is 5.94. The van der Waals surface area contributed by atoms with Crippen LogP contribution in [0.4, 0.5) is 11.4 Å². The molecule has 2 rings (SSSR count). The van der Waals surface area contributed by atoms with E-state index in [-0.39, 0.29) is 30.7 Å². The van der Waals surface area contributed by atoms with E-state index in [9.17, 15) is 4.79 Å². The SMILES string of the molecule is COCCNCC(=O)Nc1cccc(N2CCC(C)CC2)c1.Cl.Cl. The molecule has 0 saturated carbocycles. The largest absolute Gasteiger partial charge is 0.383 e. The lowest BCUT2D eigenvalue weighted by molar-refractivity contribution is -0.115. The van der Waals surface area contributed by atoms with Gasteiger partial charge in [0, 0.05) is 38.1 Å². The van der Waals surface area contributed by atoms with Gasteiger partial charge >= 0.3 is 0 Å². The number of anilines is 2. The van der Waals surface area contributed by atoms with Crippen LogP contribution in [0.25, 0.3) is 0 Å². The molecule has 1 aliphatic heterocycles. The van der Waals surface area contributed by atoms with Crippen molar-refractivity contribution < 1.29 is 9.53 Å². The predicted molar refractivity (Wildman–Crippen MR) is 105 cm³/mol. The molecule has 1 saturated heterocycles. The highest BCUT2D eigenvalue weighted by Crippen LogP contribution is 2.25. The Balaban J connectivity index is 0.00000264. The van der Waals surface area contributed by atoms with Gasteiger partial charge in [0.1, 0.15) is 0 Å². The van der Waals surface area contributed by atoms with Gasteiger partial charge in [-0.3, -0.25) is 4.79 Å². The summed E-state index contributed by atoms with van der Waals surface area (Å²) in [5.41, 5.74) is 2.05. The number of carbonyl (C=O) groups excluding carboxylic acids is 1. The first kappa shape index (κ1) is 23.0. The highest BCUT2D eigenvalue weighted by atomic mass is 35.5. The van der Waals surface area contributed by atoms with Gasteiger partial charge in [0.2, 0.25) is 5.91 Å². The summed E-state index contributed by atoms with van der Waals surface area (Å²) in [6.45, 7) is 6.08. The van der Waals surface area contributed by atoms with Gasteiger partial charge in [-0.05, 0) is 37.0 Å². The molecule has 0 atom stereocenters. The third kappa shape index (κ3) is 7.71. The molecular formula is C17H29Cl2N3O2. The Morgan fingerprint density at radius 1 is 1.29 bits per heavy atom. The van der Waals surface area contributed by atoms with Gasteiger partial charge in [-0.15, -0.1) is 24.8 Å². The predicted octanol–water partition coefficient (Wildman–Crippen LogP) is 2.94. The van der Waals surface area contributed by atoms with Crippen molar-refractivity contribution in [3.05, 3.63) is 24.3 Å². The molecule has 2 N–H and O–H groups in total. The van der Waals surface area contributed by atoms with E-state index >= 15 is 0 Å². The van der Waals surface area contributed by atoms with Gasteiger partial charge in [0.05, 0.1) is 13.2 Å². The lowest BCUT2D eigenvalue weighted by Crippen LogP contribution is -2.33. The maximum atomic E-state index is 11.9. The van der Waals surface area contributed by atoms with Crippen molar-refractivity contribution in [1.82, 2.24) is 5.32 Å². The quantitative estimate of drug-likeness (QED) is 0.717. The molecule has 1 heterocycles. The van der Waals surface area contributed by atoms with Crippen molar-refractivity contribution in [2.75, 3.05) is 50.1 Å². The average molecular weight is 378 g/mol. The molecule has 0 aromatic heterocycles. The molecule has 1 aromatic rings. The Hall–Kier alpha value is -1.01. The first-order valence-corrected chi connectivity index (χ1v) is 8.03. The summed E-state index contributed by atoms with van der Waals surface area (Å²) >= 11 is 0. The molecule has 1 fully saturated rings. The summed E-state index contributed by atoms with van der Waals surface area (Å²) < 4.78 is 4.93. The maximum Gasteiger partial charge on any atom is 0.238 e. The van der Waals surface area contributed by atoms with Gasteiger partial charge in [0.25, 0.3) is 0 Å². The van der Waals surface area contributed by atoms with E-state index in [1.165, 1.54) is 18.5 Å². The van der Waals surface area contributed by atoms with Crippen LogP contribution in [-0.2, 0) is 9.53 Å². The average Bonchev–Trinajstić information content (AvgIpc) is 2.52. The Kier molecular flexibility index (Phi) is 11.8. The number of benzene rings is 1. The first-order valence-electron chi connectivity index (χ1n) is 8.03. The summed E-state index contributed by atoms with van der Waals surface area (Å²) in [6, 6.07) is 8.11. The van der Waals surface area contributed by atoms with Crippen LogP contribution in [0.3, 0.4) is 0 Å². The summed E-state index contributed by atoms with van der Waals surface area (Å²) in [4.78, 5) is 14.3. The number of halogens is 2. The number of nitrogens with zero attached hydrogens (tertiary/aromatic N) is 1. The van der Waals surface area contributed by atoms with Crippen LogP contribution in [0.5, 0.6) is 0 Å². The molecule has 7 heteroatoms. The Bertz CT molecular complexity index is 481. The number of nitrogens with one attached hydrogen (secondary N) is 2. The van der Waals surface area contributed by atoms with Crippen molar-refractivity contribution in [3.8, 4) is 0 Å². The standard InChI is InChI=1S/C17H27N3O2.2ClH/c1-14-6-9-20(10-7-14)16-5-3-4-15(12-16)19-17(21)13-18-8-11-22-2;;/h3-5,12,14,18H,6-11,13H2,1-2H3,(H,19,21);2*1H. The van der Waals surface area contributed by atoms with Crippen LogP contribution in [-0.4, -0.2) is 45.8 Å². The minimum absolute atomic E-state index is 0. The Labute approximate surface area is 157 Å². The van der Waals surface area contributed by atoms with Crippen LogP contribution < -0.4 is 15.5 Å². The van der Waals surface area contributed by atoms with Crippen LogP contribution in [0.15, 0.2) is 24.3 Å². The monoisotopic (exact) mass is 377 g/mol. The third-order valence-electron chi connectivity index (χ3n) is 4.05. The van der Waals surface area contributed by atoms with Crippen molar-refractivity contribution in [2.45, 2.75) is 19.8 Å². The van der Waals surface area contributed by atoms with Gasteiger partial charge in [-0.1, -0.05) is 13.0 Å². The number of carbonyl (C=O) groups is 1. The molecule has 0 aliphatic carbocycles. The van der Waals surface area contributed by atoms with E-state index in [4.69, 9.17) is 4.74 Å². The molecule has 5 nitrogen and oxygen atoms in total. The number of piperidine rings is 1. The van der Waals surface area contributed by atoms with Crippen molar-refractivity contribution in [1.29, 1.82) is 0 Å². The van der Waals surface area contributed by atoms with Gasteiger partial charge in [-0.25, -0.2) is 0 Å². The number of ether oxygens (including phenoxy) is 1. The van der Waals surface area contributed by atoms with Crippen molar-refractivity contribution in [2.24, 2.45) is 5.92 Å². The lowest BCUT2D eigenvalue weighted by Gasteiger charge is -2.32. The summed E-state index contributed by atoms with van der Waals surface area (Å²) in [6.07, 6.45) is 2.47. The van der Waals surface area contributed by atoms with Crippen LogP contribution >= 0.6 is 24.8 Å². The van der Waals surface area contributed by atoms with Crippen LogP contribution in [0, 0.1) is 5.92 Å². The van der Waals surface area contributed by atoms with Gasteiger partial charge in [-0.2, -0.15) is 0 Å². The van der Waals surface area contributed by atoms with E-state index in [1.54, 1.807) is 7.11 Å². The highest BCUT2D eigenvalue weighted by Gasteiger charge is 2.16. The zero-order valence-electron chi connectivity index (χ0n) is 14.4. The van der Waals surface area contributed by atoms with E-state index < -0.39 is 0 Å². The summed E-state index contributed by atoms with van der Waals surface area (Å²) in [5, 5.41) is 5.98. The van der Waals surface area contributed by atoms with E-state index in [0.29, 0.717) is 19.7 Å². The van der Waals surface area contributed by atoms with Gasteiger partial charge < -0.3 is 20.3 Å². The lowest BCUT2D eigenvalue weighted by atomic mass is 9.99. The molecule has 138 valence electrons. The van der Waals surface area contributed by atoms with E-state index in [0.717, 1.165) is 24.7 Å². The maximum absolute atomic E-state index is 11.9. The Morgan fingerprint density at radius 3 is 2.67 bits per heavy atom. The second-order valence-corrected chi connectivity index (χ2v) is 5.94. The highest BCUT2D eigenvalue weighted by molar-refractivity contribution is 5.92. The van der Waals surface area contributed by atoms with Crippen molar-refractivity contribution >= 4 is 42.1 Å². The third-order valence-corrected chi connectivity index (χ3v) is 4.05. The fourth-order valence-corrected chi connectivity index (χ4v) is 2.63. The number of methoxy groups -OCH3 is 1. The molecule has 1 aliphatic rings. The number of rotatable bonds is 7. The minimum atomic E-state index is -0.0273. The number of hydrogen-bond acceptors (Lipinski definition) is 4. The molecule has 24 heavy (non-hydrogen) atoms. The zero-order valence-corrected chi connectivity index (χ0v) is 16.0. The number of amides is 1. The molecule has 0 bridgehead atoms. The molecule has 0 spiro atoms.